The van der Waals surface area contributed by atoms with Crippen LogP contribution in [-0.4, -0.2) is 48.8 Å². The second-order valence-electron chi connectivity index (χ2n) is 2.65. The van der Waals surface area contributed by atoms with Crippen molar-refractivity contribution >= 4 is 34.1 Å². The second kappa shape index (κ2) is 10.7. The van der Waals surface area contributed by atoms with Crippen LogP contribution in [-0.2, 0) is 14.3 Å². The summed E-state index contributed by atoms with van der Waals surface area (Å²) in [4.78, 5) is 0. The maximum absolute atomic E-state index is 10.2. The molecule has 0 aromatic heterocycles. The summed E-state index contributed by atoms with van der Waals surface area (Å²) in [5.41, 5.74) is 0. The second-order valence-corrected chi connectivity index (χ2v) is 6.34. The van der Waals surface area contributed by atoms with E-state index in [4.69, 9.17) is 4.18 Å². The molecule has 0 radical (unpaired) electrons. The molecular weight excluding hydrogens is 269 g/mol. The van der Waals surface area contributed by atoms with Gasteiger partial charge in [-0.15, -0.1) is 11.8 Å². The van der Waals surface area contributed by atoms with Gasteiger partial charge in [-0.25, -0.2) is 12.7 Å². The van der Waals surface area contributed by atoms with Crippen LogP contribution < -0.4 is 29.6 Å². The zero-order valence-electron chi connectivity index (χ0n) is 9.13. The summed E-state index contributed by atoms with van der Waals surface area (Å²) in [6.07, 6.45) is 0.381. The maximum Gasteiger partial charge on any atom is 1.00 e. The molecule has 0 rings (SSSR count). The molecule has 5 nitrogen and oxygen atoms in total. The van der Waals surface area contributed by atoms with Crippen LogP contribution in [0, 0.1) is 0 Å². The molecule has 0 aliphatic rings. The predicted octanol–water partition coefficient (Wildman–Crippen LogP) is -2.24. The molecule has 0 fully saturated rings. The van der Waals surface area contributed by atoms with Gasteiger partial charge in [0.1, 0.15) is 5.94 Å². The zero-order valence-corrected chi connectivity index (χ0v) is 13.6. The third-order valence-electron chi connectivity index (χ3n) is 1.02. The van der Waals surface area contributed by atoms with Crippen LogP contribution in [0.3, 0.4) is 0 Å². The molecule has 86 valence electrons. The molecule has 15 heavy (non-hydrogen) atoms. The van der Waals surface area contributed by atoms with Crippen molar-refractivity contribution in [1.82, 2.24) is 4.31 Å². The normalized spacial score (nSPS) is 11.5. The Bertz CT molecular complexity index is 235. The third-order valence-corrected chi connectivity index (χ3v) is 3.34. The summed E-state index contributed by atoms with van der Waals surface area (Å²) in [6.45, 7) is 0. The Morgan fingerprint density at radius 3 is 2.47 bits per heavy atom. The van der Waals surface area contributed by atoms with E-state index in [1.54, 1.807) is 0 Å². The van der Waals surface area contributed by atoms with Crippen molar-refractivity contribution in [1.29, 1.82) is 0 Å². The Hall–Kier alpha value is 1.53. The molecule has 0 aliphatic carbocycles. The minimum atomic E-state index is -4.05. The number of rotatable bonds is 8. The molecule has 0 heterocycles. The fourth-order valence-electron chi connectivity index (χ4n) is 0.558. The first-order valence-electron chi connectivity index (χ1n) is 3.90. The topological polar surface area (TPSA) is 69.7 Å². The van der Waals surface area contributed by atoms with Crippen molar-refractivity contribution in [3.05, 3.63) is 0 Å². The van der Waals surface area contributed by atoms with E-state index in [0.717, 1.165) is 0 Å². The van der Waals surface area contributed by atoms with Crippen molar-refractivity contribution in [2.75, 3.05) is 31.5 Å². The molecule has 0 saturated carbocycles. The Labute approximate surface area is 122 Å². The van der Waals surface area contributed by atoms with Crippen LogP contribution in [0.1, 0.15) is 6.42 Å². The third kappa shape index (κ3) is 18.1. The van der Waals surface area contributed by atoms with Crippen molar-refractivity contribution in [2.24, 2.45) is 0 Å². The SMILES string of the molecule is CN(C)SOCSCCCS(=O)(=O)[O-].[Na+]. The average molecular weight is 283 g/mol. The van der Waals surface area contributed by atoms with Crippen LogP contribution in [0.2, 0.25) is 0 Å². The summed E-state index contributed by atoms with van der Waals surface area (Å²) in [5, 5.41) is 0. The molecule has 0 aliphatic heterocycles. The van der Waals surface area contributed by atoms with Crippen molar-refractivity contribution in [3.8, 4) is 0 Å². The molecule has 0 unspecified atom stereocenters. The van der Waals surface area contributed by atoms with Gasteiger partial charge in [0.15, 0.2) is 0 Å². The van der Waals surface area contributed by atoms with E-state index in [0.29, 0.717) is 18.1 Å². The van der Waals surface area contributed by atoms with Crippen LogP contribution in [0.25, 0.3) is 0 Å². The fraction of sp³-hybridized carbons (Fsp3) is 1.00. The maximum atomic E-state index is 10.2. The number of thioether (sulfide) groups is 1. The van der Waals surface area contributed by atoms with Gasteiger partial charge in [0, 0.05) is 5.75 Å². The van der Waals surface area contributed by atoms with Crippen LogP contribution in [0.5, 0.6) is 0 Å². The first-order valence-corrected chi connectivity index (χ1v) is 7.33. The first-order chi connectivity index (χ1) is 6.42. The molecule has 0 atom stereocenters. The number of nitrogens with zero attached hydrogens (tertiary/aromatic N) is 1. The van der Waals surface area contributed by atoms with E-state index in [9.17, 15) is 13.0 Å². The Morgan fingerprint density at radius 2 is 2.00 bits per heavy atom. The summed E-state index contributed by atoms with van der Waals surface area (Å²) >= 11 is 2.69. The largest absolute Gasteiger partial charge is 1.00 e. The van der Waals surface area contributed by atoms with Crippen molar-refractivity contribution < 1.29 is 46.7 Å². The van der Waals surface area contributed by atoms with Gasteiger partial charge in [-0.05, 0) is 26.3 Å². The van der Waals surface area contributed by atoms with Gasteiger partial charge in [0.2, 0.25) is 0 Å². The molecule has 0 amide bonds. The molecule has 0 bridgehead atoms. The van der Waals surface area contributed by atoms with Crippen LogP contribution in [0.15, 0.2) is 0 Å². The van der Waals surface area contributed by atoms with Crippen LogP contribution in [0.4, 0.5) is 0 Å². The first kappa shape index (κ1) is 18.9. The van der Waals surface area contributed by atoms with Crippen molar-refractivity contribution in [3.63, 3.8) is 0 Å². The minimum absolute atomic E-state index is 0. The van der Waals surface area contributed by atoms with E-state index in [-0.39, 0.29) is 35.3 Å². The average Bonchev–Trinajstić information content (AvgIpc) is 2.00. The summed E-state index contributed by atoms with van der Waals surface area (Å²) in [6, 6.07) is 0. The summed E-state index contributed by atoms with van der Waals surface area (Å²) in [7, 11) is -0.327. The molecule has 0 saturated heterocycles. The predicted molar refractivity (Wildman–Crippen MR) is 58.9 cm³/mol. The monoisotopic (exact) mass is 283 g/mol. The Kier molecular flexibility index (Phi) is 13.4. The summed E-state index contributed by atoms with van der Waals surface area (Å²) in [5.74, 6) is 0.817. The Balaban J connectivity index is 0. The van der Waals surface area contributed by atoms with Gasteiger partial charge >= 0.3 is 29.6 Å². The van der Waals surface area contributed by atoms with E-state index < -0.39 is 10.1 Å². The van der Waals surface area contributed by atoms with Crippen LogP contribution >= 0.6 is 24.0 Å². The molecular formula is C6H14NNaO4S3. The smallest absolute Gasteiger partial charge is 0.748 e. The fourth-order valence-corrected chi connectivity index (χ4v) is 2.36. The van der Waals surface area contributed by atoms with E-state index in [1.807, 2.05) is 18.4 Å². The van der Waals surface area contributed by atoms with Gasteiger partial charge in [-0.3, -0.25) is 4.18 Å². The summed E-state index contributed by atoms with van der Waals surface area (Å²) < 4.78 is 37.5. The molecule has 9 heteroatoms. The Morgan fingerprint density at radius 1 is 1.40 bits per heavy atom. The standard InChI is InChI=1S/C6H15NO4S3.Na/c1-7(2)13-11-6-12-4-3-5-14(8,9)10;/h3-6H2,1-2H3,(H,8,9,10);/q;+1/p-1. The van der Waals surface area contributed by atoms with Gasteiger partial charge in [0.25, 0.3) is 0 Å². The van der Waals surface area contributed by atoms with E-state index >= 15 is 0 Å². The van der Waals surface area contributed by atoms with Gasteiger partial charge in [0.05, 0.1) is 22.3 Å². The molecule has 0 spiro atoms. The van der Waals surface area contributed by atoms with E-state index in [2.05, 4.69) is 0 Å². The van der Waals surface area contributed by atoms with Crippen molar-refractivity contribution in [2.45, 2.75) is 6.42 Å². The number of hydrogen-bond donors (Lipinski definition) is 0. The zero-order chi connectivity index (χ0) is 11.0. The van der Waals surface area contributed by atoms with Gasteiger partial charge < -0.3 is 4.55 Å². The van der Waals surface area contributed by atoms with Gasteiger partial charge in [-0.1, -0.05) is 0 Å². The van der Waals surface area contributed by atoms with E-state index in [1.165, 1.54) is 24.0 Å². The quantitative estimate of drug-likeness (QED) is 0.125. The minimum Gasteiger partial charge on any atom is -0.748 e. The molecule has 0 N–H and O–H groups in total. The molecule has 0 aromatic rings. The van der Waals surface area contributed by atoms with Gasteiger partial charge in [-0.2, -0.15) is 0 Å². The number of hydrogen-bond acceptors (Lipinski definition) is 7. The molecule has 0 aromatic carbocycles.